The van der Waals surface area contributed by atoms with Gasteiger partial charge in [0.25, 0.3) is 5.91 Å². The lowest BCUT2D eigenvalue weighted by Gasteiger charge is -2.26. The number of amides is 1. The number of carbonyl (C=O) groups is 2. The summed E-state index contributed by atoms with van der Waals surface area (Å²) in [5, 5.41) is 3.03. The second kappa shape index (κ2) is 7.97. The van der Waals surface area contributed by atoms with Crippen LogP contribution in [0.1, 0.15) is 56.3 Å². The van der Waals surface area contributed by atoms with Gasteiger partial charge in [0.15, 0.2) is 12.4 Å². The molecule has 1 aliphatic rings. The number of hydrogen-bond acceptors (Lipinski definition) is 3. The van der Waals surface area contributed by atoms with Crippen molar-refractivity contribution in [3.63, 3.8) is 0 Å². The van der Waals surface area contributed by atoms with E-state index in [1.807, 2.05) is 6.92 Å². The van der Waals surface area contributed by atoms with Crippen LogP contribution >= 0.6 is 0 Å². The lowest BCUT2D eigenvalue weighted by atomic mass is 9.87. The Morgan fingerprint density at radius 3 is 2.36 bits per heavy atom. The molecule has 1 saturated carbocycles. The van der Waals surface area contributed by atoms with E-state index in [1.54, 1.807) is 24.3 Å². The van der Waals surface area contributed by atoms with Gasteiger partial charge in [0.05, 0.1) is 0 Å². The first-order valence-corrected chi connectivity index (χ1v) is 8.14. The Balaban J connectivity index is 1.75. The molecule has 0 aliphatic heterocycles. The van der Waals surface area contributed by atoms with E-state index >= 15 is 0 Å². The smallest absolute Gasteiger partial charge is 0.258 e. The van der Waals surface area contributed by atoms with Crippen molar-refractivity contribution in [1.29, 1.82) is 0 Å². The lowest BCUT2D eigenvalue weighted by Crippen LogP contribution is -2.39. The van der Waals surface area contributed by atoms with Gasteiger partial charge >= 0.3 is 0 Å². The summed E-state index contributed by atoms with van der Waals surface area (Å²) in [5.74, 6) is 1.41. The van der Waals surface area contributed by atoms with Gasteiger partial charge in [-0.15, -0.1) is 0 Å². The van der Waals surface area contributed by atoms with Crippen molar-refractivity contribution in [3.05, 3.63) is 29.8 Å². The fraction of sp³-hybridized carbons (Fsp3) is 0.556. The van der Waals surface area contributed by atoms with Crippen molar-refractivity contribution in [2.75, 3.05) is 6.61 Å². The molecule has 1 aliphatic carbocycles. The van der Waals surface area contributed by atoms with Crippen LogP contribution in [0.5, 0.6) is 5.75 Å². The summed E-state index contributed by atoms with van der Waals surface area (Å²) in [6.45, 7) is 4.12. The molecule has 1 fully saturated rings. The maximum atomic E-state index is 11.9. The molecule has 0 spiro atoms. The minimum Gasteiger partial charge on any atom is -0.484 e. The molecule has 4 nitrogen and oxygen atoms in total. The van der Waals surface area contributed by atoms with E-state index in [0.717, 1.165) is 18.8 Å². The summed E-state index contributed by atoms with van der Waals surface area (Å²) in [4.78, 5) is 23.4. The van der Waals surface area contributed by atoms with Crippen LogP contribution in [0.15, 0.2) is 24.3 Å². The summed E-state index contributed by atoms with van der Waals surface area (Å²) < 4.78 is 5.48. The Morgan fingerprint density at radius 1 is 1.14 bits per heavy atom. The molecular weight excluding hydrogens is 278 g/mol. The van der Waals surface area contributed by atoms with Gasteiger partial charge in [-0.1, -0.05) is 13.8 Å². The maximum Gasteiger partial charge on any atom is 0.258 e. The Hall–Kier alpha value is -1.84. The molecule has 120 valence electrons. The van der Waals surface area contributed by atoms with Crippen molar-refractivity contribution in [2.45, 2.75) is 52.0 Å². The third-order valence-electron chi connectivity index (χ3n) is 4.25. The van der Waals surface area contributed by atoms with Crippen molar-refractivity contribution in [1.82, 2.24) is 5.32 Å². The van der Waals surface area contributed by atoms with E-state index in [1.165, 1.54) is 12.8 Å². The first kappa shape index (κ1) is 16.5. The van der Waals surface area contributed by atoms with Crippen molar-refractivity contribution < 1.29 is 14.3 Å². The van der Waals surface area contributed by atoms with Gasteiger partial charge in [-0.25, -0.2) is 0 Å². The Labute approximate surface area is 132 Å². The van der Waals surface area contributed by atoms with Gasteiger partial charge in [-0.2, -0.15) is 0 Å². The molecule has 1 aromatic rings. The third kappa shape index (κ3) is 4.86. The molecule has 4 heteroatoms. The molecule has 1 N–H and O–H groups in total. The zero-order valence-electron chi connectivity index (χ0n) is 13.4. The number of carbonyl (C=O) groups excluding carboxylic acids is 2. The normalized spacial score (nSPS) is 21.2. The predicted molar refractivity (Wildman–Crippen MR) is 86.1 cm³/mol. The Kier molecular flexibility index (Phi) is 5.99. The van der Waals surface area contributed by atoms with E-state index in [9.17, 15) is 9.59 Å². The highest BCUT2D eigenvalue weighted by Crippen LogP contribution is 2.23. The average Bonchev–Trinajstić information content (AvgIpc) is 2.55. The van der Waals surface area contributed by atoms with Crippen LogP contribution in [0.25, 0.3) is 0 Å². The molecule has 1 aromatic carbocycles. The van der Waals surface area contributed by atoms with Crippen LogP contribution in [0, 0.1) is 5.92 Å². The predicted octanol–water partition coefficient (Wildman–Crippen LogP) is 3.35. The van der Waals surface area contributed by atoms with Crippen molar-refractivity contribution in [3.8, 4) is 5.75 Å². The number of hydrogen-bond donors (Lipinski definition) is 1. The Bertz CT molecular complexity index is 502. The number of rotatable bonds is 6. The highest BCUT2D eigenvalue weighted by Gasteiger charge is 2.19. The average molecular weight is 303 g/mol. The fourth-order valence-corrected chi connectivity index (χ4v) is 2.76. The topological polar surface area (TPSA) is 55.4 Å². The SMILES string of the molecule is CCC(=O)c1ccc(OCC(=O)NC2CCC(C)CC2)cc1. The maximum absolute atomic E-state index is 11.9. The largest absolute Gasteiger partial charge is 0.484 e. The molecule has 2 rings (SSSR count). The minimum absolute atomic E-state index is 0.0210. The molecule has 22 heavy (non-hydrogen) atoms. The molecule has 0 saturated heterocycles. The summed E-state index contributed by atoms with van der Waals surface area (Å²) >= 11 is 0. The summed E-state index contributed by atoms with van der Waals surface area (Å²) in [5.41, 5.74) is 0.677. The number of ketones is 1. The number of ether oxygens (including phenoxy) is 1. The molecule has 0 atom stereocenters. The van der Waals surface area contributed by atoms with Crippen molar-refractivity contribution in [2.24, 2.45) is 5.92 Å². The quantitative estimate of drug-likeness (QED) is 0.820. The highest BCUT2D eigenvalue weighted by atomic mass is 16.5. The van der Waals surface area contributed by atoms with Crippen LogP contribution in [-0.2, 0) is 4.79 Å². The second-order valence-corrected chi connectivity index (χ2v) is 6.11. The van der Waals surface area contributed by atoms with E-state index in [-0.39, 0.29) is 24.3 Å². The number of Topliss-reactive ketones (excluding diaryl/α,β-unsaturated/α-hetero) is 1. The molecule has 0 bridgehead atoms. The monoisotopic (exact) mass is 303 g/mol. The van der Waals surface area contributed by atoms with E-state index < -0.39 is 0 Å². The van der Waals surface area contributed by atoms with Crippen LogP contribution in [0.2, 0.25) is 0 Å². The summed E-state index contributed by atoms with van der Waals surface area (Å²) in [7, 11) is 0. The fourth-order valence-electron chi connectivity index (χ4n) is 2.76. The van der Waals surface area contributed by atoms with Gasteiger partial charge in [-0.3, -0.25) is 9.59 Å². The first-order chi connectivity index (χ1) is 10.6. The molecule has 1 amide bonds. The molecule has 0 unspecified atom stereocenters. The number of nitrogens with one attached hydrogen (secondary N) is 1. The number of benzene rings is 1. The molecule has 0 radical (unpaired) electrons. The lowest BCUT2D eigenvalue weighted by molar-refractivity contribution is -0.124. The third-order valence-corrected chi connectivity index (χ3v) is 4.25. The molecular formula is C18H25NO3. The van der Waals surface area contributed by atoms with E-state index in [4.69, 9.17) is 4.74 Å². The summed E-state index contributed by atoms with van der Waals surface area (Å²) in [6, 6.07) is 7.23. The van der Waals surface area contributed by atoms with E-state index in [2.05, 4.69) is 12.2 Å². The zero-order chi connectivity index (χ0) is 15.9. The first-order valence-electron chi connectivity index (χ1n) is 8.14. The van der Waals surface area contributed by atoms with E-state index in [0.29, 0.717) is 17.7 Å². The molecule has 0 heterocycles. The van der Waals surface area contributed by atoms with Gasteiger partial charge in [-0.05, 0) is 55.9 Å². The van der Waals surface area contributed by atoms with Crippen LogP contribution in [0.4, 0.5) is 0 Å². The standard InChI is InChI=1S/C18H25NO3/c1-3-17(20)14-6-10-16(11-7-14)22-12-18(21)19-15-8-4-13(2)5-9-15/h6-7,10-11,13,15H,3-5,8-9,12H2,1-2H3,(H,19,21). The van der Waals surface area contributed by atoms with Crippen LogP contribution < -0.4 is 10.1 Å². The summed E-state index contributed by atoms with van der Waals surface area (Å²) in [6.07, 6.45) is 4.96. The highest BCUT2D eigenvalue weighted by molar-refractivity contribution is 5.95. The van der Waals surface area contributed by atoms with Crippen molar-refractivity contribution >= 4 is 11.7 Å². The zero-order valence-corrected chi connectivity index (χ0v) is 13.4. The second-order valence-electron chi connectivity index (χ2n) is 6.11. The van der Waals surface area contributed by atoms with Crippen LogP contribution in [0.3, 0.4) is 0 Å². The van der Waals surface area contributed by atoms with Gasteiger partial charge < -0.3 is 10.1 Å². The minimum atomic E-state index is -0.0757. The van der Waals surface area contributed by atoms with Gasteiger partial charge in [0.1, 0.15) is 5.75 Å². The van der Waals surface area contributed by atoms with Gasteiger partial charge in [0.2, 0.25) is 0 Å². The molecule has 0 aromatic heterocycles. The van der Waals surface area contributed by atoms with Crippen LogP contribution in [-0.4, -0.2) is 24.3 Å². The van der Waals surface area contributed by atoms with Gasteiger partial charge in [0, 0.05) is 18.0 Å². The Morgan fingerprint density at radius 2 is 1.77 bits per heavy atom.